The number of carbonyl (C=O) groups is 1. The number of benzene rings is 2. The van der Waals surface area contributed by atoms with Gasteiger partial charge >= 0.3 is 6.03 Å². The molecule has 2 aromatic carbocycles. The van der Waals surface area contributed by atoms with Crippen LogP contribution in [0.1, 0.15) is 55.0 Å². The van der Waals surface area contributed by atoms with Gasteiger partial charge in [0.1, 0.15) is 5.75 Å². The van der Waals surface area contributed by atoms with Crippen LogP contribution < -0.4 is 10.1 Å². The van der Waals surface area contributed by atoms with Crippen LogP contribution in [-0.2, 0) is 6.42 Å². The van der Waals surface area contributed by atoms with Gasteiger partial charge in [0, 0.05) is 31.7 Å². The second-order valence-corrected chi connectivity index (χ2v) is 9.31. The Hall–Kier alpha value is -2.53. The molecule has 0 unspecified atom stereocenters. The van der Waals surface area contributed by atoms with E-state index in [9.17, 15) is 4.79 Å². The van der Waals surface area contributed by atoms with Crippen LogP contribution in [0.4, 0.5) is 4.79 Å². The lowest BCUT2D eigenvalue weighted by Crippen LogP contribution is -2.59. The van der Waals surface area contributed by atoms with Gasteiger partial charge in [0.05, 0.1) is 13.2 Å². The number of rotatable bonds is 3. The van der Waals surface area contributed by atoms with Crippen LogP contribution in [-0.4, -0.2) is 48.6 Å². The van der Waals surface area contributed by atoms with Crippen molar-refractivity contribution in [3.05, 3.63) is 65.2 Å². The minimum absolute atomic E-state index is 0.0111. The molecular formula is C26H33N3O2. The second-order valence-electron chi connectivity index (χ2n) is 9.31. The van der Waals surface area contributed by atoms with E-state index in [1.54, 1.807) is 7.11 Å². The Morgan fingerprint density at radius 3 is 2.81 bits per heavy atom. The van der Waals surface area contributed by atoms with Gasteiger partial charge in [-0.1, -0.05) is 36.4 Å². The predicted molar refractivity (Wildman–Crippen MR) is 122 cm³/mol. The van der Waals surface area contributed by atoms with E-state index in [4.69, 9.17) is 4.74 Å². The highest BCUT2D eigenvalue weighted by Gasteiger charge is 2.44. The van der Waals surface area contributed by atoms with Gasteiger partial charge in [-0.15, -0.1) is 0 Å². The van der Waals surface area contributed by atoms with Crippen molar-refractivity contribution < 1.29 is 9.53 Å². The monoisotopic (exact) mass is 419 g/mol. The Balaban J connectivity index is 1.34. The van der Waals surface area contributed by atoms with Gasteiger partial charge in [0.15, 0.2) is 0 Å². The highest BCUT2D eigenvalue weighted by atomic mass is 16.5. The van der Waals surface area contributed by atoms with Gasteiger partial charge in [0.2, 0.25) is 0 Å². The van der Waals surface area contributed by atoms with E-state index in [-0.39, 0.29) is 12.1 Å². The molecule has 3 aliphatic heterocycles. The number of fused-ring (bicyclic) bond motifs is 4. The summed E-state index contributed by atoms with van der Waals surface area (Å²) in [6, 6.07) is 17.6. The topological polar surface area (TPSA) is 44.8 Å². The molecule has 3 heterocycles. The minimum Gasteiger partial charge on any atom is -0.497 e. The summed E-state index contributed by atoms with van der Waals surface area (Å²) in [6.07, 6.45) is 4.43. The first-order valence-corrected chi connectivity index (χ1v) is 11.7. The average molecular weight is 420 g/mol. The van der Waals surface area contributed by atoms with Crippen LogP contribution in [0.3, 0.4) is 0 Å². The Morgan fingerprint density at radius 2 is 2.00 bits per heavy atom. The Bertz CT molecular complexity index is 932. The molecule has 4 atom stereocenters. The number of amides is 2. The van der Waals surface area contributed by atoms with E-state index in [1.165, 1.54) is 17.5 Å². The number of hydrogen-bond donors (Lipinski definition) is 1. The zero-order chi connectivity index (χ0) is 21.4. The molecule has 3 aliphatic rings. The van der Waals surface area contributed by atoms with E-state index >= 15 is 0 Å². The third kappa shape index (κ3) is 3.91. The first-order valence-electron chi connectivity index (χ1n) is 11.7. The molecule has 2 saturated heterocycles. The molecule has 5 rings (SSSR count). The normalized spacial score (nSPS) is 26.3. The zero-order valence-corrected chi connectivity index (χ0v) is 18.6. The molecule has 5 heteroatoms. The summed E-state index contributed by atoms with van der Waals surface area (Å²) in [5.74, 6) is 1.51. The fourth-order valence-corrected chi connectivity index (χ4v) is 5.91. The number of methoxy groups -OCH3 is 1. The lowest BCUT2D eigenvalue weighted by molar-refractivity contribution is 0.00530. The summed E-state index contributed by atoms with van der Waals surface area (Å²) in [4.78, 5) is 18.1. The van der Waals surface area contributed by atoms with Crippen molar-refractivity contribution in [1.82, 2.24) is 15.1 Å². The average Bonchev–Trinajstić information content (AvgIpc) is 2.82. The molecule has 2 aromatic rings. The highest BCUT2D eigenvalue weighted by molar-refractivity contribution is 5.75. The van der Waals surface area contributed by atoms with Crippen molar-refractivity contribution in [3.8, 4) is 5.75 Å². The van der Waals surface area contributed by atoms with Crippen molar-refractivity contribution in [1.29, 1.82) is 0 Å². The van der Waals surface area contributed by atoms with Crippen LogP contribution in [0.5, 0.6) is 5.75 Å². The molecule has 0 radical (unpaired) electrons. The zero-order valence-electron chi connectivity index (χ0n) is 18.6. The van der Waals surface area contributed by atoms with E-state index in [0.717, 1.165) is 50.2 Å². The van der Waals surface area contributed by atoms with Crippen LogP contribution in [0.25, 0.3) is 0 Å². The molecule has 2 fully saturated rings. The van der Waals surface area contributed by atoms with Gasteiger partial charge in [-0.25, -0.2) is 4.79 Å². The fourth-order valence-electron chi connectivity index (χ4n) is 5.91. The molecule has 0 aliphatic carbocycles. The Labute approximate surface area is 185 Å². The van der Waals surface area contributed by atoms with Gasteiger partial charge < -0.3 is 15.0 Å². The quantitative estimate of drug-likeness (QED) is 0.794. The Morgan fingerprint density at radius 1 is 1.16 bits per heavy atom. The maximum absolute atomic E-state index is 13.3. The number of likely N-dealkylation sites (tertiary alicyclic amines) is 1. The van der Waals surface area contributed by atoms with Crippen molar-refractivity contribution in [3.63, 3.8) is 0 Å². The van der Waals surface area contributed by atoms with E-state index < -0.39 is 0 Å². The van der Waals surface area contributed by atoms with E-state index in [1.807, 2.05) is 18.2 Å². The summed E-state index contributed by atoms with van der Waals surface area (Å²) in [7, 11) is 1.73. The minimum atomic E-state index is 0.0111. The van der Waals surface area contributed by atoms with E-state index in [0.29, 0.717) is 18.0 Å². The summed E-state index contributed by atoms with van der Waals surface area (Å²) >= 11 is 0. The van der Waals surface area contributed by atoms with Crippen molar-refractivity contribution in [2.45, 2.75) is 50.7 Å². The van der Waals surface area contributed by atoms with Crippen molar-refractivity contribution in [2.24, 2.45) is 5.92 Å². The molecule has 31 heavy (non-hydrogen) atoms. The number of urea groups is 1. The van der Waals surface area contributed by atoms with Gasteiger partial charge in [-0.3, -0.25) is 4.90 Å². The number of piperidine rings is 2. The smallest absolute Gasteiger partial charge is 0.318 e. The number of hydrogen-bond acceptors (Lipinski definition) is 3. The first kappa shape index (κ1) is 20.4. The molecule has 0 bridgehead atoms. The molecule has 5 nitrogen and oxygen atoms in total. The number of ether oxygens (including phenoxy) is 1. The van der Waals surface area contributed by atoms with Gasteiger partial charge in [0.25, 0.3) is 0 Å². The van der Waals surface area contributed by atoms with E-state index in [2.05, 4.69) is 52.4 Å². The molecule has 0 saturated carbocycles. The fraction of sp³-hybridized carbons (Fsp3) is 0.500. The van der Waals surface area contributed by atoms with Gasteiger partial charge in [-0.2, -0.15) is 0 Å². The van der Waals surface area contributed by atoms with Crippen LogP contribution in [0.15, 0.2) is 48.5 Å². The van der Waals surface area contributed by atoms with Crippen molar-refractivity contribution in [2.75, 3.05) is 26.7 Å². The Kier molecular flexibility index (Phi) is 5.61. The van der Waals surface area contributed by atoms with Crippen LogP contribution in [0.2, 0.25) is 0 Å². The molecule has 2 amide bonds. The second kappa shape index (κ2) is 8.54. The summed E-state index contributed by atoms with van der Waals surface area (Å²) in [6.45, 7) is 5.13. The lowest BCUT2D eigenvalue weighted by atomic mass is 9.76. The molecule has 0 aromatic heterocycles. The van der Waals surface area contributed by atoms with Crippen molar-refractivity contribution >= 4 is 6.03 Å². The molecule has 0 spiro atoms. The maximum atomic E-state index is 13.3. The third-order valence-corrected chi connectivity index (χ3v) is 7.57. The SMILES string of the molecule is COc1ccc2c(c1)CCN1C[C@@H]3CCCN(C(=O)N[C@H](C)c4ccccc4)[C@@H]3C[C@H]21. The predicted octanol–water partition coefficient (Wildman–Crippen LogP) is 4.55. The maximum Gasteiger partial charge on any atom is 0.318 e. The standard InChI is InChI=1S/C26H33N3O2/c1-18(19-7-4-3-5-8-19)27-26(30)29-13-6-9-21-17-28-14-12-20-15-22(31-2)10-11-23(20)25(28)16-24(21)29/h3-5,7-8,10-11,15,18,21,24-25H,6,9,12-14,16-17H2,1-2H3,(H,27,30)/t18-,21+,24-,25-/m1/s1. The van der Waals surface area contributed by atoms with Gasteiger partial charge in [-0.05, 0) is 67.3 Å². The summed E-state index contributed by atoms with van der Waals surface area (Å²) < 4.78 is 5.45. The number of nitrogens with one attached hydrogen (secondary N) is 1. The first-order chi connectivity index (χ1) is 15.1. The summed E-state index contributed by atoms with van der Waals surface area (Å²) in [5.41, 5.74) is 3.98. The van der Waals surface area contributed by atoms with Crippen LogP contribution in [0, 0.1) is 5.92 Å². The number of carbonyl (C=O) groups excluding carboxylic acids is 1. The number of nitrogens with zero attached hydrogens (tertiary/aromatic N) is 2. The largest absolute Gasteiger partial charge is 0.497 e. The lowest BCUT2D eigenvalue weighted by Gasteiger charge is -2.52. The molecule has 164 valence electrons. The van der Waals surface area contributed by atoms with Crippen LogP contribution >= 0.6 is 0 Å². The third-order valence-electron chi connectivity index (χ3n) is 7.57. The highest BCUT2D eigenvalue weighted by Crippen LogP contribution is 2.43. The molecule has 1 N–H and O–H groups in total. The molecular weight excluding hydrogens is 386 g/mol. The summed E-state index contributed by atoms with van der Waals surface area (Å²) in [5, 5.41) is 3.26.